The van der Waals surface area contributed by atoms with E-state index in [-0.39, 0.29) is 6.03 Å². The SMILES string of the molecule is COc1cccc(NC(=O)NCCCc2c(C)noc2C)c1. The fraction of sp³-hybridized carbons (Fsp3) is 0.375. The Morgan fingerprint density at radius 3 is 2.86 bits per heavy atom. The van der Waals surface area contributed by atoms with Crippen molar-refractivity contribution in [2.24, 2.45) is 0 Å². The maximum Gasteiger partial charge on any atom is 0.319 e. The first-order chi connectivity index (χ1) is 10.6. The van der Waals surface area contributed by atoms with E-state index in [1.807, 2.05) is 32.0 Å². The number of nitrogens with one attached hydrogen (secondary N) is 2. The quantitative estimate of drug-likeness (QED) is 0.804. The molecule has 2 aromatic rings. The molecule has 0 radical (unpaired) electrons. The summed E-state index contributed by atoms with van der Waals surface area (Å²) in [7, 11) is 1.59. The summed E-state index contributed by atoms with van der Waals surface area (Å²) in [5.74, 6) is 1.55. The lowest BCUT2D eigenvalue weighted by molar-refractivity contribution is 0.252. The van der Waals surface area contributed by atoms with Crippen molar-refractivity contribution in [3.05, 3.63) is 41.3 Å². The Morgan fingerprint density at radius 2 is 2.18 bits per heavy atom. The van der Waals surface area contributed by atoms with Gasteiger partial charge in [0.15, 0.2) is 0 Å². The molecule has 0 saturated carbocycles. The van der Waals surface area contributed by atoms with Gasteiger partial charge >= 0.3 is 6.03 Å². The van der Waals surface area contributed by atoms with Crippen molar-refractivity contribution < 1.29 is 14.1 Å². The summed E-state index contributed by atoms with van der Waals surface area (Å²) in [4.78, 5) is 11.8. The highest BCUT2D eigenvalue weighted by molar-refractivity contribution is 5.89. The zero-order valence-corrected chi connectivity index (χ0v) is 13.1. The van der Waals surface area contributed by atoms with E-state index in [1.54, 1.807) is 13.2 Å². The molecule has 2 rings (SSSR count). The van der Waals surface area contributed by atoms with E-state index in [1.165, 1.54) is 0 Å². The molecule has 6 nitrogen and oxygen atoms in total. The van der Waals surface area contributed by atoms with E-state index in [0.29, 0.717) is 18.0 Å². The summed E-state index contributed by atoms with van der Waals surface area (Å²) in [6.07, 6.45) is 1.66. The Kier molecular flexibility index (Phi) is 5.41. The van der Waals surface area contributed by atoms with E-state index < -0.39 is 0 Å². The number of amides is 2. The minimum absolute atomic E-state index is 0.230. The predicted molar refractivity (Wildman–Crippen MR) is 84.3 cm³/mol. The van der Waals surface area contributed by atoms with Crippen LogP contribution >= 0.6 is 0 Å². The van der Waals surface area contributed by atoms with Crippen LogP contribution in [-0.4, -0.2) is 24.8 Å². The molecule has 0 bridgehead atoms. The molecule has 2 N–H and O–H groups in total. The van der Waals surface area contributed by atoms with Gasteiger partial charge in [0.25, 0.3) is 0 Å². The van der Waals surface area contributed by atoms with Crippen LogP contribution in [0.2, 0.25) is 0 Å². The van der Waals surface area contributed by atoms with Gasteiger partial charge in [-0.05, 0) is 38.8 Å². The summed E-state index contributed by atoms with van der Waals surface area (Å²) >= 11 is 0. The first-order valence-corrected chi connectivity index (χ1v) is 7.21. The van der Waals surface area contributed by atoms with Gasteiger partial charge < -0.3 is 19.9 Å². The van der Waals surface area contributed by atoms with Crippen LogP contribution in [-0.2, 0) is 6.42 Å². The molecule has 6 heteroatoms. The monoisotopic (exact) mass is 303 g/mol. The molecule has 0 aliphatic rings. The van der Waals surface area contributed by atoms with Gasteiger partial charge in [-0.1, -0.05) is 11.2 Å². The van der Waals surface area contributed by atoms with Crippen molar-refractivity contribution in [3.63, 3.8) is 0 Å². The van der Waals surface area contributed by atoms with E-state index in [4.69, 9.17) is 9.26 Å². The Labute approximate surface area is 129 Å². The van der Waals surface area contributed by atoms with Crippen molar-refractivity contribution >= 4 is 11.7 Å². The Balaban J connectivity index is 1.74. The Morgan fingerprint density at radius 1 is 1.36 bits per heavy atom. The minimum Gasteiger partial charge on any atom is -0.497 e. The van der Waals surface area contributed by atoms with Crippen molar-refractivity contribution in [1.29, 1.82) is 0 Å². The number of hydrogen-bond acceptors (Lipinski definition) is 4. The second-order valence-corrected chi connectivity index (χ2v) is 5.02. The fourth-order valence-corrected chi connectivity index (χ4v) is 2.20. The predicted octanol–water partition coefficient (Wildman–Crippen LogP) is 3.05. The molecule has 2 amide bonds. The van der Waals surface area contributed by atoms with Crippen LogP contribution in [0.3, 0.4) is 0 Å². The Hall–Kier alpha value is -2.50. The number of nitrogens with zero attached hydrogens (tertiary/aromatic N) is 1. The normalized spacial score (nSPS) is 10.3. The molecular weight excluding hydrogens is 282 g/mol. The van der Waals surface area contributed by atoms with Crippen molar-refractivity contribution in [3.8, 4) is 5.75 Å². The van der Waals surface area contributed by atoms with Crippen LogP contribution in [0.25, 0.3) is 0 Å². The number of methoxy groups -OCH3 is 1. The molecule has 0 aliphatic carbocycles. The molecule has 22 heavy (non-hydrogen) atoms. The number of carbonyl (C=O) groups excluding carboxylic acids is 1. The van der Waals surface area contributed by atoms with Gasteiger partial charge in [-0.2, -0.15) is 0 Å². The Bertz CT molecular complexity index is 618. The summed E-state index contributed by atoms with van der Waals surface area (Å²) in [5, 5.41) is 9.52. The lowest BCUT2D eigenvalue weighted by Gasteiger charge is -2.08. The molecule has 1 heterocycles. The zero-order chi connectivity index (χ0) is 15.9. The van der Waals surface area contributed by atoms with E-state index >= 15 is 0 Å². The van der Waals surface area contributed by atoms with Gasteiger partial charge in [0.2, 0.25) is 0 Å². The molecule has 118 valence electrons. The van der Waals surface area contributed by atoms with Crippen LogP contribution in [0.1, 0.15) is 23.4 Å². The smallest absolute Gasteiger partial charge is 0.319 e. The van der Waals surface area contributed by atoms with E-state index in [0.717, 1.165) is 29.9 Å². The van der Waals surface area contributed by atoms with Crippen LogP contribution in [0.15, 0.2) is 28.8 Å². The standard InChI is InChI=1S/C16H21N3O3/c1-11-15(12(2)22-19-11)8-5-9-17-16(20)18-13-6-4-7-14(10-13)21-3/h4,6-7,10H,5,8-9H2,1-3H3,(H2,17,18,20). The van der Waals surface area contributed by atoms with Gasteiger partial charge in [0.1, 0.15) is 11.5 Å². The molecular formula is C16H21N3O3. The summed E-state index contributed by atoms with van der Waals surface area (Å²) in [6.45, 7) is 4.41. The first kappa shape index (κ1) is 15.9. The van der Waals surface area contributed by atoms with Crippen LogP contribution in [0.5, 0.6) is 5.75 Å². The third-order valence-corrected chi connectivity index (χ3v) is 3.40. The van der Waals surface area contributed by atoms with Crippen molar-refractivity contribution in [1.82, 2.24) is 10.5 Å². The van der Waals surface area contributed by atoms with Gasteiger partial charge in [-0.3, -0.25) is 0 Å². The average molecular weight is 303 g/mol. The molecule has 0 fully saturated rings. The number of urea groups is 1. The topological polar surface area (TPSA) is 76.4 Å². The van der Waals surface area contributed by atoms with Gasteiger partial charge in [0.05, 0.1) is 12.8 Å². The number of hydrogen-bond donors (Lipinski definition) is 2. The van der Waals surface area contributed by atoms with Gasteiger partial charge in [0, 0.05) is 23.9 Å². The highest BCUT2D eigenvalue weighted by Gasteiger charge is 2.08. The maximum absolute atomic E-state index is 11.8. The lowest BCUT2D eigenvalue weighted by Crippen LogP contribution is -2.29. The molecule has 0 atom stereocenters. The van der Waals surface area contributed by atoms with Crippen LogP contribution in [0, 0.1) is 13.8 Å². The maximum atomic E-state index is 11.8. The number of anilines is 1. The fourth-order valence-electron chi connectivity index (χ4n) is 2.20. The third-order valence-electron chi connectivity index (χ3n) is 3.40. The molecule has 1 aromatic carbocycles. The highest BCUT2D eigenvalue weighted by Crippen LogP contribution is 2.16. The van der Waals surface area contributed by atoms with Crippen molar-refractivity contribution in [2.75, 3.05) is 19.0 Å². The second kappa shape index (κ2) is 7.49. The summed E-state index contributed by atoms with van der Waals surface area (Å²) < 4.78 is 10.2. The summed E-state index contributed by atoms with van der Waals surface area (Å²) in [6, 6.07) is 7.00. The lowest BCUT2D eigenvalue weighted by atomic mass is 10.1. The highest BCUT2D eigenvalue weighted by atomic mass is 16.5. The number of aryl methyl sites for hydroxylation is 2. The average Bonchev–Trinajstić information content (AvgIpc) is 2.83. The van der Waals surface area contributed by atoms with Crippen LogP contribution in [0.4, 0.5) is 10.5 Å². The third kappa shape index (κ3) is 4.25. The number of carbonyl (C=O) groups is 1. The van der Waals surface area contributed by atoms with Crippen molar-refractivity contribution in [2.45, 2.75) is 26.7 Å². The number of ether oxygens (including phenoxy) is 1. The van der Waals surface area contributed by atoms with Crippen LogP contribution < -0.4 is 15.4 Å². The van der Waals surface area contributed by atoms with Gasteiger partial charge in [-0.15, -0.1) is 0 Å². The molecule has 0 saturated heterocycles. The minimum atomic E-state index is -0.230. The number of benzene rings is 1. The molecule has 0 aliphatic heterocycles. The second-order valence-electron chi connectivity index (χ2n) is 5.02. The molecule has 0 spiro atoms. The zero-order valence-electron chi connectivity index (χ0n) is 13.1. The van der Waals surface area contributed by atoms with Gasteiger partial charge in [-0.25, -0.2) is 4.79 Å². The first-order valence-electron chi connectivity index (χ1n) is 7.21. The molecule has 0 unspecified atom stereocenters. The largest absolute Gasteiger partial charge is 0.497 e. The number of rotatable bonds is 6. The summed E-state index contributed by atoms with van der Waals surface area (Å²) in [5.41, 5.74) is 2.73. The van der Waals surface area contributed by atoms with E-state index in [9.17, 15) is 4.79 Å². The van der Waals surface area contributed by atoms with E-state index in [2.05, 4.69) is 15.8 Å². The molecule has 1 aromatic heterocycles. The number of aromatic nitrogens is 1.